The van der Waals surface area contributed by atoms with Crippen molar-refractivity contribution in [3.8, 4) is 16.9 Å². The van der Waals surface area contributed by atoms with Gasteiger partial charge in [0.05, 0.1) is 13.0 Å². The first kappa shape index (κ1) is 33.8. The molecule has 2 aromatic rings. The van der Waals surface area contributed by atoms with Crippen LogP contribution in [0.25, 0.3) is 11.1 Å². The summed E-state index contributed by atoms with van der Waals surface area (Å²) in [6, 6.07) is 10.4. The van der Waals surface area contributed by atoms with Crippen LogP contribution in [0.1, 0.15) is 74.7 Å². The van der Waals surface area contributed by atoms with Crippen LogP contribution < -0.4 is 10.1 Å². The van der Waals surface area contributed by atoms with Crippen molar-refractivity contribution in [2.24, 2.45) is 0 Å². The predicted molar refractivity (Wildman–Crippen MR) is 167 cm³/mol. The molecule has 0 unspecified atom stereocenters. The van der Waals surface area contributed by atoms with Crippen molar-refractivity contribution < 1.29 is 23.5 Å². The summed E-state index contributed by atoms with van der Waals surface area (Å²) in [5, 5.41) is 3.41. The van der Waals surface area contributed by atoms with E-state index in [0.29, 0.717) is 42.1 Å². The third-order valence-corrected chi connectivity index (χ3v) is 8.06. The molecule has 2 saturated heterocycles. The average molecular weight is 604 g/mol. The van der Waals surface area contributed by atoms with Gasteiger partial charge in [-0.25, -0.2) is 4.39 Å². The molecule has 4 rings (SSSR count). The van der Waals surface area contributed by atoms with Gasteiger partial charge < -0.3 is 24.6 Å². The Balaban J connectivity index is 0.00000484. The first-order valence-electron chi connectivity index (χ1n) is 15.2. The van der Waals surface area contributed by atoms with Gasteiger partial charge in [0, 0.05) is 68.5 Å². The third-order valence-electron chi connectivity index (χ3n) is 8.06. The Morgan fingerprint density at radius 2 is 1.79 bits per heavy atom. The average Bonchev–Trinajstić information content (AvgIpc) is 3.26. The van der Waals surface area contributed by atoms with Gasteiger partial charge in [-0.15, -0.1) is 12.4 Å². The number of methoxy groups -OCH3 is 1. The van der Waals surface area contributed by atoms with E-state index in [-0.39, 0.29) is 42.7 Å². The van der Waals surface area contributed by atoms with Crippen molar-refractivity contribution in [1.29, 1.82) is 0 Å². The Labute approximate surface area is 256 Å². The van der Waals surface area contributed by atoms with Gasteiger partial charge in [-0.1, -0.05) is 25.0 Å². The van der Waals surface area contributed by atoms with Gasteiger partial charge in [-0.05, 0) is 75.9 Å². The lowest BCUT2D eigenvalue weighted by molar-refractivity contribution is -0.135. The number of nitrogens with one attached hydrogen (secondary N) is 1. The highest BCUT2D eigenvalue weighted by Gasteiger charge is 2.28. The molecular formula is C33H47ClFN3O4. The molecule has 2 aliphatic rings. The Morgan fingerprint density at radius 3 is 2.45 bits per heavy atom. The van der Waals surface area contributed by atoms with Crippen molar-refractivity contribution in [2.75, 3.05) is 46.5 Å². The molecule has 2 amide bonds. The molecule has 2 aliphatic heterocycles. The van der Waals surface area contributed by atoms with Crippen LogP contribution in [0.2, 0.25) is 0 Å². The summed E-state index contributed by atoms with van der Waals surface area (Å²) in [6.07, 6.45) is 7.20. The number of carbonyl (C=O) groups is 2. The van der Waals surface area contributed by atoms with Crippen LogP contribution in [0, 0.1) is 5.82 Å². The fourth-order valence-corrected chi connectivity index (χ4v) is 5.98. The molecule has 232 valence electrons. The van der Waals surface area contributed by atoms with Crippen molar-refractivity contribution in [2.45, 2.75) is 77.3 Å². The monoisotopic (exact) mass is 603 g/mol. The molecule has 0 bridgehead atoms. The Morgan fingerprint density at radius 1 is 1.02 bits per heavy atom. The summed E-state index contributed by atoms with van der Waals surface area (Å²) in [4.78, 5) is 30.7. The Bertz CT molecular complexity index is 1160. The van der Waals surface area contributed by atoms with Gasteiger partial charge in [0.1, 0.15) is 11.6 Å². The van der Waals surface area contributed by atoms with Crippen LogP contribution in [0.5, 0.6) is 5.75 Å². The number of hydrogen-bond donors (Lipinski definition) is 1. The number of amides is 2. The van der Waals surface area contributed by atoms with Gasteiger partial charge in [0.15, 0.2) is 0 Å². The second-order valence-corrected chi connectivity index (χ2v) is 11.5. The molecule has 1 atom stereocenters. The zero-order valence-electron chi connectivity index (χ0n) is 25.3. The Hall–Kier alpha value is -2.68. The molecule has 0 aliphatic carbocycles. The number of ether oxygens (including phenoxy) is 2. The van der Waals surface area contributed by atoms with E-state index in [1.165, 1.54) is 6.07 Å². The fourth-order valence-electron chi connectivity index (χ4n) is 5.98. The predicted octanol–water partition coefficient (Wildman–Crippen LogP) is 5.88. The number of rotatable bonds is 11. The first-order chi connectivity index (χ1) is 19.9. The number of nitrogens with zero attached hydrogens (tertiary/aromatic N) is 2. The summed E-state index contributed by atoms with van der Waals surface area (Å²) in [7, 11) is 1.64. The molecule has 0 spiro atoms. The quantitative estimate of drug-likeness (QED) is 0.325. The minimum atomic E-state index is -0.418. The maximum Gasteiger partial charge on any atom is 0.253 e. The highest BCUT2D eigenvalue weighted by Crippen LogP contribution is 2.34. The second-order valence-electron chi connectivity index (χ2n) is 11.5. The summed E-state index contributed by atoms with van der Waals surface area (Å²) in [6.45, 7) is 8.30. The second kappa shape index (κ2) is 16.8. The highest BCUT2D eigenvalue weighted by atomic mass is 35.5. The zero-order chi connectivity index (χ0) is 29.2. The van der Waals surface area contributed by atoms with Crippen LogP contribution in [-0.4, -0.2) is 80.2 Å². The normalized spacial score (nSPS) is 17.4. The topological polar surface area (TPSA) is 71.1 Å². The van der Waals surface area contributed by atoms with Crippen molar-refractivity contribution >= 4 is 24.2 Å². The molecule has 0 radical (unpaired) electrons. The Kier molecular flexibility index (Phi) is 13.5. The number of halogens is 2. The molecule has 2 heterocycles. The maximum atomic E-state index is 15.3. The van der Waals surface area contributed by atoms with E-state index in [9.17, 15) is 9.59 Å². The van der Waals surface area contributed by atoms with Crippen LogP contribution in [0.15, 0.2) is 36.4 Å². The van der Waals surface area contributed by atoms with Gasteiger partial charge in [0.2, 0.25) is 5.91 Å². The molecule has 9 heteroatoms. The van der Waals surface area contributed by atoms with Crippen molar-refractivity contribution in [3.05, 3.63) is 53.3 Å². The van der Waals surface area contributed by atoms with Crippen molar-refractivity contribution in [1.82, 2.24) is 15.1 Å². The molecule has 0 aromatic heterocycles. The van der Waals surface area contributed by atoms with E-state index in [4.69, 9.17) is 9.47 Å². The van der Waals surface area contributed by atoms with Crippen LogP contribution in [0.4, 0.5) is 4.39 Å². The van der Waals surface area contributed by atoms with E-state index in [1.54, 1.807) is 19.2 Å². The van der Waals surface area contributed by atoms with E-state index >= 15 is 4.39 Å². The summed E-state index contributed by atoms with van der Waals surface area (Å²) < 4.78 is 26.6. The lowest BCUT2D eigenvalue weighted by atomic mass is 9.97. The largest absolute Gasteiger partial charge is 0.493 e. The molecule has 2 aromatic carbocycles. The summed E-state index contributed by atoms with van der Waals surface area (Å²) in [5.41, 5.74) is 2.18. The smallest absolute Gasteiger partial charge is 0.253 e. The standard InChI is InChI=1S/C33H46FN3O4.ClH/c1-24(2)37(27-10-8-15-35-23-27)32(38)21-25-11-13-28(31(20-25)41-19-9-18-40-3)29-22-26(12-14-30(29)34)33(39)36-16-6-4-5-7-17-36;/h11-14,20,22,24,27,35H,4-10,15-19,21,23H2,1-3H3;1H/t27-;/m1./s1. The van der Waals surface area contributed by atoms with Gasteiger partial charge in [-0.3, -0.25) is 9.59 Å². The molecule has 7 nitrogen and oxygen atoms in total. The first-order valence-corrected chi connectivity index (χ1v) is 15.2. The minimum Gasteiger partial charge on any atom is -0.493 e. The number of carbonyl (C=O) groups excluding carboxylic acids is 2. The van der Waals surface area contributed by atoms with E-state index in [2.05, 4.69) is 19.2 Å². The van der Waals surface area contributed by atoms with E-state index in [1.807, 2.05) is 28.0 Å². The van der Waals surface area contributed by atoms with Crippen LogP contribution in [-0.2, 0) is 16.0 Å². The fraction of sp³-hybridized carbons (Fsp3) is 0.576. The lowest BCUT2D eigenvalue weighted by Crippen LogP contribution is -2.52. The number of piperidine rings is 1. The maximum absolute atomic E-state index is 15.3. The molecule has 0 saturated carbocycles. The number of benzene rings is 2. The zero-order valence-corrected chi connectivity index (χ0v) is 26.1. The number of likely N-dealkylation sites (tertiary alicyclic amines) is 1. The lowest BCUT2D eigenvalue weighted by Gasteiger charge is -2.37. The van der Waals surface area contributed by atoms with Crippen LogP contribution in [0.3, 0.4) is 0 Å². The highest BCUT2D eigenvalue weighted by molar-refractivity contribution is 5.96. The summed E-state index contributed by atoms with van der Waals surface area (Å²) in [5.74, 6) is 0.0887. The molecule has 2 fully saturated rings. The van der Waals surface area contributed by atoms with Crippen molar-refractivity contribution in [3.63, 3.8) is 0 Å². The van der Waals surface area contributed by atoms with E-state index in [0.717, 1.165) is 70.3 Å². The van der Waals surface area contributed by atoms with Gasteiger partial charge in [0.25, 0.3) is 5.91 Å². The summed E-state index contributed by atoms with van der Waals surface area (Å²) >= 11 is 0. The molecule has 42 heavy (non-hydrogen) atoms. The van der Waals surface area contributed by atoms with Gasteiger partial charge in [-0.2, -0.15) is 0 Å². The molecular weight excluding hydrogens is 557 g/mol. The number of hydrogen-bond acceptors (Lipinski definition) is 5. The molecule has 1 N–H and O–H groups in total. The SMILES string of the molecule is COCCCOc1cc(CC(=O)N(C(C)C)[C@@H]2CCCNC2)ccc1-c1cc(C(=O)N2CCCCCC2)ccc1F.Cl. The minimum absolute atomic E-state index is 0. The van der Waals surface area contributed by atoms with Gasteiger partial charge >= 0.3 is 0 Å². The third kappa shape index (κ3) is 8.91. The van der Waals surface area contributed by atoms with E-state index < -0.39 is 5.82 Å². The van der Waals surface area contributed by atoms with Crippen LogP contribution >= 0.6 is 12.4 Å².